The van der Waals surface area contributed by atoms with E-state index in [9.17, 15) is 26.4 Å². The van der Waals surface area contributed by atoms with Crippen molar-refractivity contribution in [1.29, 1.82) is 0 Å². The maximum Gasteiger partial charge on any atom is 0.534 e. The Bertz CT molecular complexity index is 1420. The van der Waals surface area contributed by atoms with Crippen LogP contribution in [-0.4, -0.2) is 30.6 Å². The molecule has 3 aromatic heterocycles. The molecule has 0 bridgehead atoms. The van der Waals surface area contributed by atoms with Crippen molar-refractivity contribution in [2.24, 2.45) is 0 Å². The zero-order chi connectivity index (χ0) is 21.7. The summed E-state index contributed by atoms with van der Waals surface area (Å²) in [5.41, 5.74) is -5.48. The minimum absolute atomic E-state index is 0.0179. The molecule has 0 spiro atoms. The molecule has 0 aliphatic rings. The molecule has 0 aliphatic carbocycles. The number of benzene rings is 1. The SMILES string of the molecule is COc1ccc(-n2ccc3c(sc4nccc(OS(=O)(=O)C(F)(F)F)c43)c2=O)cc1. The van der Waals surface area contributed by atoms with Crippen molar-refractivity contribution < 1.29 is 30.5 Å². The highest BCUT2D eigenvalue weighted by Crippen LogP contribution is 2.38. The van der Waals surface area contributed by atoms with E-state index >= 15 is 0 Å². The van der Waals surface area contributed by atoms with Gasteiger partial charge in [0.1, 0.15) is 15.3 Å². The number of ether oxygens (including phenoxy) is 1. The van der Waals surface area contributed by atoms with Crippen molar-refractivity contribution >= 4 is 41.8 Å². The van der Waals surface area contributed by atoms with E-state index in [2.05, 4.69) is 9.17 Å². The van der Waals surface area contributed by atoms with Crippen molar-refractivity contribution in [3.05, 3.63) is 59.1 Å². The first kappa shape index (κ1) is 20.2. The lowest BCUT2D eigenvalue weighted by Gasteiger charge is -2.10. The fourth-order valence-corrected chi connectivity index (χ4v) is 4.40. The summed E-state index contributed by atoms with van der Waals surface area (Å²) in [5.74, 6) is 0.0526. The van der Waals surface area contributed by atoms with E-state index in [1.54, 1.807) is 24.3 Å². The summed E-state index contributed by atoms with van der Waals surface area (Å²) < 4.78 is 72.0. The van der Waals surface area contributed by atoms with E-state index in [1.807, 2.05) is 0 Å². The number of pyridine rings is 2. The van der Waals surface area contributed by atoms with E-state index in [0.717, 1.165) is 23.6 Å². The molecule has 0 fully saturated rings. The molecule has 12 heteroatoms. The van der Waals surface area contributed by atoms with Gasteiger partial charge in [0.2, 0.25) is 0 Å². The second-order valence-electron chi connectivity index (χ2n) is 6.01. The summed E-state index contributed by atoms with van der Waals surface area (Å²) in [4.78, 5) is 17.2. The first-order chi connectivity index (χ1) is 14.1. The molecule has 0 unspecified atom stereocenters. The molecular weight excluding hydrogens is 445 g/mol. The topological polar surface area (TPSA) is 87.5 Å². The molecule has 0 radical (unpaired) electrons. The lowest BCUT2D eigenvalue weighted by Crippen LogP contribution is -2.28. The minimum Gasteiger partial charge on any atom is -0.497 e. The minimum atomic E-state index is -5.88. The van der Waals surface area contributed by atoms with Crippen LogP contribution in [0.3, 0.4) is 0 Å². The first-order valence-corrected chi connectivity index (χ1v) is 10.4. The molecular formula is C18H11F3N2O5S2. The second kappa shape index (κ2) is 6.99. The van der Waals surface area contributed by atoms with Gasteiger partial charge in [-0.1, -0.05) is 0 Å². The van der Waals surface area contributed by atoms with Crippen molar-refractivity contribution in [2.45, 2.75) is 5.51 Å². The average Bonchev–Trinajstić information content (AvgIpc) is 3.08. The number of alkyl halides is 3. The van der Waals surface area contributed by atoms with Gasteiger partial charge in [0.05, 0.1) is 12.5 Å². The monoisotopic (exact) mass is 456 g/mol. The standard InChI is InChI=1S/C18H11F3N2O5S2/c1-27-11-4-2-10(3-5-11)23-9-7-12-14-13(28-30(25,26)18(19,20)21)6-8-22-16(14)29-15(12)17(23)24/h2-9H,1H3. The highest BCUT2D eigenvalue weighted by atomic mass is 32.2. The van der Waals surface area contributed by atoms with Crippen LogP contribution in [-0.2, 0) is 10.1 Å². The van der Waals surface area contributed by atoms with Gasteiger partial charge in [-0.3, -0.25) is 9.36 Å². The van der Waals surface area contributed by atoms with Crippen LogP contribution in [0.2, 0.25) is 0 Å². The Morgan fingerprint density at radius 3 is 2.43 bits per heavy atom. The maximum absolute atomic E-state index is 13.0. The van der Waals surface area contributed by atoms with Gasteiger partial charge in [0.15, 0.2) is 5.75 Å². The van der Waals surface area contributed by atoms with Crippen molar-refractivity contribution in [3.63, 3.8) is 0 Å². The van der Waals surface area contributed by atoms with Crippen LogP contribution < -0.4 is 14.5 Å². The number of halogens is 3. The van der Waals surface area contributed by atoms with E-state index in [4.69, 9.17) is 4.74 Å². The molecule has 0 saturated heterocycles. The van der Waals surface area contributed by atoms with Crippen LogP contribution in [0, 0.1) is 0 Å². The summed E-state index contributed by atoms with van der Waals surface area (Å²) in [6.07, 6.45) is 2.55. The number of rotatable bonds is 4. The summed E-state index contributed by atoms with van der Waals surface area (Å²) in [5, 5.41) is 0.259. The summed E-state index contributed by atoms with van der Waals surface area (Å²) in [7, 11) is -4.37. The zero-order valence-electron chi connectivity index (χ0n) is 15.0. The largest absolute Gasteiger partial charge is 0.534 e. The molecule has 4 rings (SSSR count). The Hall–Kier alpha value is -3.12. The first-order valence-electron chi connectivity index (χ1n) is 8.20. The number of fused-ring (bicyclic) bond motifs is 3. The highest BCUT2D eigenvalue weighted by molar-refractivity contribution is 7.88. The third-order valence-corrected chi connectivity index (χ3v) is 6.29. The van der Waals surface area contributed by atoms with Crippen LogP contribution in [0.25, 0.3) is 26.0 Å². The smallest absolute Gasteiger partial charge is 0.497 e. The van der Waals surface area contributed by atoms with Gasteiger partial charge in [-0.15, -0.1) is 11.3 Å². The van der Waals surface area contributed by atoms with E-state index < -0.39 is 26.9 Å². The number of aromatic nitrogens is 2. The molecule has 0 aliphatic heterocycles. The number of hydrogen-bond acceptors (Lipinski definition) is 7. The normalized spacial score (nSPS) is 12.4. The average molecular weight is 456 g/mol. The second-order valence-corrected chi connectivity index (χ2v) is 8.54. The van der Waals surface area contributed by atoms with Gasteiger partial charge in [0.25, 0.3) is 5.56 Å². The van der Waals surface area contributed by atoms with Crippen LogP contribution >= 0.6 is 11.3 Å². The lowest BCUT2D eigenvalue weighted by molar-refractivity contribution is -0.0499. The molecule has 3 heterocycles. The Morgan fingerprint density at radius 2 is 1.80 bits per heavy atom. The summed E-state index contributed by atoms with van der Waals surface area (Å²) >= 11 is 0.927. The molecule has 1 aromatic carbocycles. The van der Waals surface area contributed by atoms with Crippen LogP contribution in [0.1, 0.15) is 0 Å². The molecule has 4 aromatic rings. The molecule has 0 saturated carbocycles. The van der Waals surface area contributed by atoms with Crippen LogP contribution in [0.15, 0.2) is 53.6 Å². The fraction of sp³-hybridized carbons (Fsp3) is 0.111. The summed E-state index contributed by atoms with van der Waals surface area (Å²) in [6, 6.07) is 9.18. The van der Waals surface area contributed by atoms with E-state index in [0.29, 0.717) is 11.4 Å². The van der Waals surface area contributed by atoms with Gasteiger partial charge in [-0.05, 0) is 30.3 Å². The Labute approximate surface area is 171 Å². The van der Waals surface area contributed by atoms with Gasteiger partial charge in [-0.25, -0.2) is 4.98 Å². The van der Waals surface area contributed by atoms with Gasteiger partial charge in [0, 0.05) is 29.5 Å². The molecule has 156 valence electrons. The number of thiophene rings is 1. The third-order valence-electron chi connectivity index (χ3n) is 4.23. The van der Waals surface area contributed by atoms with Crippen molar-refractivity contribution in [2.75, 3.05) is 7.11 Å². The van der Waals surface area contributed by atoms with E-state index in [-0.39, 0.29) is 20.3 Å². The summed E-state index contributed by atoms with van der Waals surface area (Å²) in [6.45, 7) is 0. The van der Waals surface area contributed by atoms with Gasteiger partial charge < -0.3 is 8.92 Å². The van der Waals surface area contributed by atoms with Crippen molar-refractivity contribution in [3.8, 4) is 17.2 Å². The van der Waals surface area contributed by atoms with Gasteiger partial charge in [-0.2, -0.15) is 21.6 Å². The molecule has 0 amide bonds. The lowest BCUT2D eigenvalue weighted by atomic mass is 10.2. The molecule has 0 atom stereocenters. The number of methoxy groups -OCH3 is 1. The quantitative estimate of drug-likeness (QED) is 0.343. The Kier molecular flexibility index (Phi) is 4.70. The van der Waals surface area contributed by atoms with Gasteiger partial charge >= 0.3 is 15.6 Å². The highest BCUT2D eigenvalue weighted by Gasteiger charge is 2.48. The van der Waals surface area contributed by atoms with Crippen LogP contribution in [0.5, 0.6) is 11.5 Å². The predicted octanol–water partition coefficient (Wildman–Crippen LogP) is 3.84. The molecule has 0 N–H and O–H groups in total. The Morgan fingerprint density at radius 1 is 1.10 bits per heavy atom. The molecule has 30 heavy (non-hydrogen) atoms. The molecule has 7 nitrogen and oxygen atoms in total. The zero-order valence-corrected chi connectivity index (χ0v) is 16.6. The fourth-order valence-electron chi connectivity index (χ4n) is 2.84. The Balaban J connectivity index is 1.90. The third kappa shape index (κ3) is 3.27. The number of hydrogen-bond donors (Lipinski definition) is 0. The van der Waals surface area contributed by atoms with Crippen LogP contribution in [0.4, 0.5) is 13.2 Å². The number of nitrogens with zero attached hydrogens (tertiary/aromatic N) is 2. The van der Waals surface area contributed by atoms with Crippen molar-refractivity contribution in [1.82, 2.24) is 9.55 Å². The van der Waals surface area contributed by atoms with E-state index in [1.165, 1.54) is 23.9 Å². The predicted molar refractivity (Wildman–Crippen MR) is 105 cm³/mol. The maximum atomic E-state index is 13.0.